The van der Waals surface area contributed by atoms with Crippen molar-refractivity contribution in [3.63, 3.8) is 0 Å². The zero-order valence-corrected chi connectivity index (χ0v) is 25.5. The Kier molecular flexibility index (Phi) is 18.2. The fraction of sp³-hybridized carbons (Fsp3) is 0.886. The summed E-state index contributed by atoms with van der Waals surface area (Å²) in [5.74, 6) is 5.29. The molecule has 0 radical (unpaired) electrons. The molecule has 5 unspecified atom stereocenters. The Labute approximate surface area is 223 Å². The maximum Gasteiger partial charge on any atom is -0.0168 e. The topological polar surface area (TPSA) is 0 Å². The number of rotatable bonds is 21. The highest BCUT2D eigenvalue weighted by atomic mass is 14.2. The molecule has 0 spiro atoms. The minimum absolute atomic E-state index is 0.765. The molecular weight excluding hydrogens is 420 g/mol. The standard InChI is InChI=1S/C35H66/c1-28(2)14-9-15-29(3)16-10-17-30(4)18-11-19-31(5)20-12-21-32(6)22-13-23-34(8)35-26-24-33(7)25-27-35/h24,28-32,35H,8-23,25-27H2,1-7H3. The van der Waals surface area contributed by atoms with E-state index in [0.29, 0.717) is 0 Å². The van der Waals surface area contributed by atoms with Gasteiger partial charge in [0, 0.05) is 0 Å². The van der Waals surface area contributed by atoms with Gasteiger partial charge in [0.25, 0.3) is 0 Å². The summed E-state index contributed by atoms with van der Waals surface area (Å²) in [5.41, 5.74) is 3.11. The molecule has 1 aliphatic rings. The Hall–Kier alpha value is -0.520. The van der Waals surface area contributed by atoms with Crippen LogP contribution in [0.2, 0.25) is 0 Å². The van der Waals surface area contributed by atoms with E-state index in [-0.39, 0.29) is 0 Å². The highest BCUT2D eigenvalue weighted by molar-refractivity contribution is 5.11. The van der Waals surface area contributed by atoms with E-state index in [1.807, 2.05) is 0 Å². The Morgan fingerprint density at radius 3 is 1.46 bits per heavy atom. The van der Waals surface area contributed by atoms with Gasteiger partial charge in [0.15, 0.2) is 0 Å². The summed E-state index contributed by atoms with van der Waals surface area (Å²) >= 11 is 0. The third kappa shape index (κ3) is 17.5. The van der Waals surface area contributed by atoms with Crippen LogP contribution in [0.4, 0.5) is 0 Å². The van der Waals surface area contributed by atoms with Crippen molar-refractivity contribution in [2.24, 2.45) is 35.5 Å². The van der Waals surface area contributed by atoms with Gasteiger partial charge in [-0.15, -0.1) is 0 Å². The molecule has 5 atom stereocenters. The van der Waals surface area contributed by atoms with Crippen molar-refractivity contribution in [1.29, 1.82) is 0 Å². The van der Waals surface area contributed by atoms with Gasteiger partial charge < -0.3 is 0 Å². The van der Waals surface area contributed by atoms with Gasteiger partial charge in [-0.25, -0.2) is 0 Å². The molecule has 0 saturated carbocycles. The second kappa shape index (κ2) is 19.6. The van der Waals surface area contributed by atoms with Crippen LogP contribution in [0.25, 0.3) is 0 Å². The first-order valence-electron chi connectivity index (χ1n) is 16.0. The second-order valence-corrected chi connectivity index (χ2v) is 13.6. The SMILES string of the molecule is C=C(CCCC(C)CCCC(C)CCCC(C)CCCC(C)CCCC(C)C)C1CC=C(C)CC1. The monoisotopic (exact) mass is 487 g/mol. The lowest BCUT2D eigenvalue weighted by atomic mass is 9.83. The van der Waals surface area contributed by atoms with Crippen LogP contribution < -0.4 is 0 Å². The normalized spacial score (nSPS) is 19.9. The molecule has 0 aliphatic heterocycles. The van der Waals surface area contributed by atoms with Crippen LogP contribution in [0.15, 0.2) is 23.8 Å². The molecule has 0 bridgehead atoms. The Balaban J connectivity index is 1.98. The van der Waals surface area contributed by atoms with Crippen molar-refractivity contribution in [2.45, 2.75) is 164 Å². The summed E-state index contributed by atoms with van der Waals surface area (Å²) in [6, 6.07) is 0. The van der Waals surface area contributed by atoms with Crippen LogP contribution in [0.3, 0.4) is 0 Å². The van der Waals surface area contributed by atoms with Gasteiger partial charge in [-0.3, -0.25) is 0 Å². The summed E-state index contributed by atoms with van der Waals surface area (Å²) in [6.07, 6.45) is 27.6. The van der Waals surface area contributed by atoms with Gasteiger partial charge in [0.2, 0.25) is 0 Å². The van der Waals surface area contributed by atoms with Crippen molar-refractivity contribution in [3.8, 4) is 0 Å². The van der Waals surface area contributed by atoms with Gasteiger partial charge in [-0.2, -0.15) is 0 Å². The first-order chi connectivity index (χ1) is 16.7. The predicted molar refractivity (Wildman–Crippen MR) is 161 cm³/mol. The Morgan fingerprint density at radius 2 is 1.09 bits per heavy atom. The van der Waals surface area contributed by atoms with Gasteiger partial charge in [0.1, 0.15) is 0 Å². The van der Waals surface area contributed by atoms with Gasteiger partial charge in [-0.1, -0.05) is 149 Å². The van der Waals surface area contributed by atoms with Crippen LogP contribution in [0, 0.1) is 35.5 Å². The molecule has 0 amide bonds. The average Bonchev–Trinajstić information content (AvgIpc) is 2.79. The van der Waals surface area contributed by atoms with Crippen LogP contribution in [-0.2, 0) is 0 Å². The molecule has 0 nitrogen and oxygen atoms in total. The van der Waals surface area contributed by atoms with Gasteiger partial charge >= 0.3 is 0 Å². The third-order valence-corrected chi connectivity index (χ3v) is 9.07. The first-order valence-corrected chi connectivity index (χ1v) is 16.0. The molecule has 0 fully saturated rings. The molecule has 0 aromatic carbocycles. The molecule has 206 valence electrons. The van der Waals surface area contributed by atoms with E-state index < -0.39 is 0 Å². The molecular formula is C35H66. The molecule has 0 heteroatoms. The van der Waals surface area contributed by atoms with Crippen LogP contribution in [0.5, 0.6) is 0 Å². The molecule has 0 heterocycles. The van der Waals surface area contributed by atoms with E-state index in [9.17, 15) is 0 Å². The average molecular weight is 487 g/mol. The third-order valence-electron chi connectivity index (χ3n) is 9.07. The first kappa shape index (κ1) is 32.5. The molecule has 1 aliphatic carbocycles. The molecule has 35 heavy (non-hydrogen) atoms. The maximum atomic E-state index is 4.44. The van der Waals surface area contributed by atoms with Gasteiger partial charge in [0.05, 0.1) is 0 Å². The lowest BCUT2D eigenvalue weighted by Crippen LogP contribution is -2.08. The summed E-state index contributed by atoms with van der Waals surface area (Å²) in [7, 11) is 0. The fourth-order valence-corrected chi connectivity index (χ4v) is 6.11. The summed E-state index contributed by atoms with van der Waals surface area (Å²) in [5, 5.41) is 0. The summed E-state index contributed by atoms with van der Waals surface area (Å²) in [4.78, 5) is 0. The van der Waals surface area contributed by atoms with E-state index in [4.69, 9.17) is 0 Å². The maximum absolute atomic E-state index is 4.44. The minimum Gasteiger partial charge on any atom is -0.0996 e. The molecule has 1 rings (SSSR count). The van der Waals surface area contributed by atoms with E-state index in [2.05, 4.69) is 61.1 Å². The van der Waals surface area contributed by atoms with Crippen LogP contribution in [-0.4, -0.2) is 0 Å². The highest BCUT2D eigenvalue weighted by Crippen LogP contribution is 2.31. The van der Waals surface area contributed by atoms with E-state index in [1.54, 1.807) is 5.57 Å². The Bertz CT molecular complexity index is 552. The van der Waals surface area contributed by atoms with Crippen molar-refractivity contribution in [1.82, 2.24) is 0 Å². The van der Waals surface area contributed by atoms with Crippen molar-refractivity contribution in [3.05, 3.63) is 23.8 Å². The smallest absolute Gasteiger partial charge is 0.0168 e. The van der Waals surface area contributed by atoms with E-state index in [1.165, 1.54) is 121 Å². The lowest BCUT2D eigenvalue weighted by Gasteiger charge is -2.23. The number of allylic oxidation sites excluding steroid dienone is 3. The zero-order chi connectivity index (χ0) is 26.1. The van der Waals surface area contributed by atoms with Crippen LogP contribution >= 0.6 is 0 Å². The minimum atomic E-state index is 0.765. The molecule has 0 N–H and O–H groups in total. The predicted octanol–water partition coefficient (Wildman–Crippen LogP) is 12.3. The largest absolute Gasteiger partial charge is 0.0996 e. The molecule has 0 saturated heterocycles. The Morgan fingerprint density at radius 1 is 0.686 bits per heavy atom. The highest BCUT2D eigenvalue weighted by Gasteiger charge is 2.16. The van der Waals surface area contributed by atoms with E-state index >= 15 is 0 Å². The lowest BCUT2D eigenvalue weighted by molar-refractivity contribution is 0.364. The van der Waals surface area contributed by atoms with Crippen LogP contribution in [0.1, 0.15) is 164 Å². The van der Waals surface area contributed by atoms with Crippen molar-refractivity contribution < 1.29 is 0 Å². The number of hydrogen-bond acceptors (Lipinski definition) is 0. The van der Waals surface area contributed by atoms with Gasteiger partial charge in [-0.05, 0) is 74.5 Å². The zero-order valence-electron chi connectivity index (χ0n) is 25.5. The molecule has 0 aromatic heterocycles. The van der Waals surface area contributed by atoms with E-state index in [0.717, 1.165) is 35.5 Å². The second-order valence-electron chi connectivity index (χ2n) is 13.6. The number of hydrogen-bond donors (Lipinski definition) is 0. The summed E-state index contributed by atoms with van der Waals surface area (Å²) < 4.78 is 0. The quantitative estimate of drug-likeness (QED) is 0.141. The molecule has 0 aromatic rings. The summed E-state index contributed by atoms with van der Waals surface area (Å²) in [6.45, 7) is 21.4. The van der Waals surface area contributed by atoms with Crippen molar-refractivity contribution in [2.75, 3.05) is 0 Å². The fourth-order valence-electron chi connectivity index (χ4n) is 6.11. The van der Waals surface area contributed by atoms with Crippen molar-refractivity contribution >= 4 is 0 Å².